The van der Waals surface area contributed by atoms with E-state index in [1.807, 2.05) is 11.8 Å². The normalized spacial score (nSPS) is 29.8. The highest BCUT2D eigenvalue weighted by Crippen LogP contribution is 2.47. The van der Waals surface area contributed by atoms with E-state index in [1.165, 1.54) is 11.1 Å². The number of aliphatic carboxylic acids is 1. The van der Waals surface area contributed by atoms with Gasteiger partial charge < -0.3 is 20.2 Å². The number of nitrogens with zero attached hydrogens (tertiary/aromatic N) is 2. The molecule has 4 aliphatic rings. The van der Waals surface area contributed by atoms with Gasteiger partial charge in [0.05, 0.1) is 11.7 Å². The minimum Gasteiger partial charge on any atom is -0.478 e. The van der Waals surface area contributed by atoms with Crippen LogP contribution in [-0.2, 0) is 9.59 Å². The van der Waals surface area contributed by atoms with Crippen molar-refractivity contribution in [3.8, 4) is 0 Å². The molecule has 158 valence electrons. The quantitative estimate of drug-likeness (QED) is 0.500. The van der Waals surface area contributed by atoms with E-state index in [0.717, 1.165) is 24.8 Å². The predicted octanol–water partition coefficient (Wildman–Crippen LogP) is 2.21. The Morgan fingerprint density at radius 3 is 2.76 bits per heavy atom. The Balaban J connectivity index is 1.61. The smallest absolute Gasteiger partial charge is 0.341 e. The number of halogens is 2. The molecule has 0 spiro atoms. The molecule has 2 unspecified atom stereocenters. The molecule has 0 radical (unpaired) electrons. The number of nitrogens with one attached hydrogen (secondary N) is 1. The van der Waals surface area contributed by atoms with E-state index in [-0.39, 0.29) is 17.5 Å². The van der Waals surface area contributed by atoms with E-state index in [4.69, 9.17) is 0 Å². The maximum atomic E-state index is 15.1. The van der Waals surface area contributed by atoms with Crippen molar-refractivity contribution in [3.05, 3.63) is 34.9 Å². The monoisotopic (exact) mass is 407 g/mol. The number of carboxylic acid groups (broad SMARTS) is 1. The molecule has 1 amide bonds. The maximum absolute atomic E-state index is 15.1. The zero-order chi connectivity index (χ0) is 20.7. The van der Waals surface area contributed by atoms with Crippen LogP contribution in [0.15, 0.2) is 34.9 Å². The SMILES string of the molecule is CC1=C(N2CC[C@H](CNCCF)C2)C(F)=CN2C(=O)C(C(=O)O)=CC(C3CC3)C12. The summed E-state index contributed by atoms with van der Waals surface area (Å²) in [6, 6.07) is -0.337. The number of allylic oxidation sites excluding steroid dienone is 1. The van der Waals surface area contributed by atoms with Crippen molar-refractivity contribution in [2.45, 2.75) is 32.2 Å². The minimum atomic E-state index is -1.26. The van der Waals surface area contributed by atoms with Crippen LogP contribution in [-0.4, -0.2) is 65.7 Å². The molecule has 1 aliphatic carbocycles. The van der Waals surface area contributed by atoms with E-state index >= 15 is 4.39 Å². The molecule has 0 bridgehead atoms. The number of carboxylic acids is 1. The Kier molecular flexibility index (Phi) is 5.46. The van der Waals surface area contributed by atoms with Gasteiger partial charge in [0, 0.05) is 31.8 Å². The minimum absolute atomic E-state index is 0.109. The highest BCUT2D eigenvalue weighted by molar-refractivity contribution is 6.16. The number of amides is 1. The molecular weight excluding hydrogens is 380 g/mol. The summed E-state index contributed by atoms with van der Waals surface area (Å²) in [5.41, 5.74) is 1.05. The lowest BCUT2D eigenvalue weighted by Crippen LogP contribution is -2.50. The number of rotatable bonds is 7. The predicted molar refractivity (Wildman–Crippen MR) is 103 cm³/mol. The van der Waals surface area contributed by atoms with Crippen LogP contribution in [0.25, 0.3) is 0 Å². The van der Waals surface area contributed by atoms with Gasteiger partial charge in [-0.1, -0.05) is 6.08 Å². The molecule has 1 saturated heterocycles. The molecule has 4 rings (SSSR count). The first-order valence-corrected chi connectivity index (χ1v) is 10.3. The van der Waals surface area contributed by atoms with Crippen molar-refractivity contribution in [2.75, 3.05) is 32.9 Å². The summed E-state index contributed by atoms with van der Waals surface area (Å²) in [6.07, 6.45) is 5.66. The highest BCUT2D eigenvalue weighted by Gasteiger charge is 2.48. The Morgan fingerprint density at radius 1 is 1.34 bits per heavy atom. The highest BCUT2D eigenvalue weighted by atomic mass is 19.1. The van der Waals surface area contributed by atoms with Crippen LogP contribution in [0.5, 0.6) is 0 Å². The number of fused-ring (bicyclic) bond motifs is 1. The largest absolute Gasteiger partial charge is 0.478 e. The number of carbonyl (C=O) groups is 2. The molecule has 6 nitrogen and oxygen atoms in total. The van der Waals surface area contributed by atoms with Crippen LogP contribution in [0.1, 0.15) is 26.2 Å². The van der Waals surface area contributed by atoms with Crippen molar-refractivity contribution in [1.82, 2.24) is 15.1 Å². The van der Waals surface area contributed by atoms with Crippen LogP contribution >= 0.6 is 0 Å². The third-order valence-corrected chi connectivity index (χ3v) is 6.49. The number of hydrogen-bond donors (Lipinski definition) is 2. The van der Waals surface area contributed by atoms with Gasteiger partial charge in [0.25, 0.3) is 5.91 Å². The average Bonchev–Trinajstić information content (AvgIpc) is 3.42. The first-order chi connectivity index (χ1) is 13.9. The standard InChI is InChI=1S/C21H27F2N3O3/c1-12-18-15(14-2-3-14)8-16(21(28)29)20(27)26(18)11-17(23)19(12)25-7-4-13(10-25)9-24-6-5-22/h8,11,13-15,18,24H,2-7,9-10H2,1H3,(H,28,29)/t13-,15?,18?/m1/s1. The second kappa shape index (κ2) is 7.89. The summed E-state index contributed by atoms with van der Waals surface area (Å²) >= 11 is 0. The van der Waals surface area contributed by atoms with Gasteiger partial charge in [0.15, 0.2) is 5.83 Å². The molecule has 2 N–H and O–H groups in total. The zero-order valence-corrected chi connectivity index (χ0v) is 16.5. The van der Waals surface area contributed by atoms with Gasteiger partial charge in [0.1, 0.15) is 12.2 Å². The Hall–Kier alpha value is -2.22. The summed E-state index contributed by atoms with van der Waals surface area (Å²) in [7, 11) is 0. The number of carbonyl (C=O) groups excluding carboxylic acids is 1. The second-order valence-corrected chi connectivity index (χ2v) is 8.46. The van der Waals surface area contributed by atoms with Gasteiger partial charge >= 0.3 is 5.97 Å². The molecule has 3 aliphatic heterocycles. The summed E-state index contributed by atoms with van der Waals surface area (Å²) in [5, 5.41) is 12.5. The fourth-order valence-corrected chi connectivity index (χ4v) is 4.97. The lowest BCUT2D eigenvalue weighted by Gasteiger charge is -2.43. The summed E-state index contributed by atoms with van der Waals surface area (Å²) < 4.78 is 27.4. The molecule has 0 aromatic rings. The molecule has 8 heteroatoms. The third kappa shape index (κ3) is 3.70. The van der Waals surface area contributed by atoms with Crippen LogP contribution in [0.3, 0.4) is 0 Å². The maximum Gasteiger partial charge on any atom is 0.341 e. The van der Waals surface area contributed by atoms with Crippen molar-refractivity contribution in [2.24, 2.45) is 17.8 Å². The van der Waals surface area contributed by atoms with Gasteiger partial charge in [-0.15, -0.1) is 0 Å². The molecule has 2 fully saturated rings. The summed E-state index contributed by atoms with van der Waals surface area (Å²) in [5.74, 6) is -1.87. The molecule has 3 atom stereocenters. The Morgan fingerprint density at radius 2 is 2.10 bits per heavy atom. The van der Waals surface area contributed by atoms with E-state index < -0.39 is 24.4 Å². The van der Waals surface area contributed by atoms with Crippen molar-refractivity contribution in [1.29, 1.82) is 0 Å². The Labute approximate surface area is 168 Å². The zero-order valence-electron chi connectivity index (χ0n) is 16.5. The number of alkyl halides is 1. The topological polar surface area (TPSA) is 72.9 Å². The molecule has 0 aromatic carbocycles. The van der Waals surface area contributed by atoms with E-state index in [9.17, 15) is 19.1 Å². The van der Waals surface area contributed by atoms with Crippen LogP contribution in [0, 0.1) is 17.8 Å². The van der Waals surface area contributed by atoms with Crippen molar-refractivity contribution in [3.63, 3.8) is 0 Å². The van der Waals surface area contributed by atoms with Gasteiger partial charge in [-0.25, -0.2) is 13.6 Å². The number of likely N-dealkylation sites (tertiary alicyclic amines) is 1. The molecular formula is C21H27F2N3O3. The first kappa shape index (κ1) is 20.1. The number of hydrogen-bond acceptors (Lipinski definition) is 4. The lowest BCUT2D eigenvalue weighted by molar-refractivity contribution is -0.138. The second-order valence-electron chi connectivity index (χ2n) is 8.46. The Bertz CT molecular complexity index is 803. The fraction of sp³-hybridized carbons (Fsp3) is 0.619. The molecule has 0 aromatic heterocycles. The third-order valence-electron chi connectivity index (χ3n) is 6.49. The lowest BCUT2D eigenvalue weighted by atomic mass is 9.81. The van der Waals surface area contributed by atoms with Crippen LogP contribution < -0.4 is 5.32 Å². The first-order valence-electron chi connectivity index (χ1n) is 10.3. The van der Waals surface area contributed by atoms with Crippen LogP contribution in [0.4, 0.5) is 8.78 Å². The molecule has 3 heterocycles. The van der Waals surface area contributed by atoms with E-state index in [2.05, 4.69) is 5.32 Å². The summed E-state index contributed by atoms with van der Waals surface area (Å²) in [6.45, 7) is 3.86. The van der Waals surface area contributed by atoms with Gasteiger partial charge in [0.2, 0.25) is 0 Å². The van der Waals surface area contributed by atoms with Gasteiger partial charge in [-0.2, -0.15) is 0 Å². The van der Waals surface area contributed by atoms with Gasteiger partial charge in [-0.05, 0) is 50.1 Å². The van der Waals surface area contributed by atoms with Gasteiger partial charge in [-0.3, -0.25) is 4.79 Å². The molecule has 29 heavy (non-hydrogen) atoms. The van der Waals surface area contributed by atoms with Crippen LogP contribution in [0.2, 0.25) is 0 Å². The van der Waals surface area contributed by atoms with Crippen molar-refractivity contribution >= 4 is 11.9 Å². The summed E-state index contributed by atoms with van der Waals surface area (Å²) in [4.78, 5) is 27.5. The fourth-order valence-electron chi connectivity index (χ4n) is 4.97. The van der Waals surface area contributed by atoms with Crippen molar-refractivity contribution < 1.29 is 23.5 Å². The average molecular weight is 407 g/mol. The van der Waals surface area contributed by atoms with E-state index in [0.29, 0.717) is 43.7 Å². The molecule has 1 saturated carbocycles. The van der Waals surface area contributed by atoms with E-state index in [1.54, 1.807) is 6.08 Å².